The molecule has 5 rings (SSSR count). The average Bonchev–Trinajstić information content (AvgIpc) is 2.87. The molecular weight excluding hydrogens is 452 g/mol. The fourth-order valence-electron chi connectivity index (χ4n) is 3.90. The molecule has 0 aliphatic heterocycles. The molecule has 4 nitrogen and oxygen atoms in total. The van der Waals surface area contributed by atoms with Gasteiger partial charge in [0.05, 0.1) is 11.4 Å². The first kappa shape index (κ1) is 22.4. The van der Waals surface area contributed by atoms with Crippen molar-refractivity contribution in [3.63, 3.8) is 0 Å². The van der Waals surface area contributed by atoms with Gasteiger partial charge in [-0.15, -0.1) is 12.6 Å². The number of ether oxygens (including phenoxy) is 2. The minimum Gasteiger partial charge on any atom is -0.455 e. The Morgan fingerprint density at radius 2 is 1.11 bits per heavy atom. The summed E-state index contributed by atoms with van der Waals surface area (Å²) in [5, 5.41) is 0. The molecule has 172 valence electrons. The monoisotopic (exact) mass is 476 g/mol. The van der Waals surface area contributed by atoms with Crippen LogP contribution < -0.4 is 20.9 Å². The van der Waals surface area contributed by atoms with Crippen molar-refractivity contribution in [2.45, 2.75) is 4.90 Å². The lowest BCUT2D eigenvalue weighted by Crippen LogP contribution is -1.93. The molecule has 0 aliphatic carbocycles. The maximum absolute atomic E-state index is 6.06. The van der Waals surface area contributed by atoms with Gasteiger partial charge in [-0.05, 0) is 71.3 Å². The van der Waals surface area contributed by atoms with E-state index in [-0.39, 0.29) is 0 Å². The molecule has 0 aliphatic rings. The van der Waals surface area contributed by atoms with Gasteiger partial charge in [-0.2, -0.15) is 0 Å². The summed E-state index contributed by atoms with van der Waals surface area (Å²) >= 11 is 4.77. The molecule has 0 heterocycles. The van der Waals surface area contributed by atoms with Gasteiger partial charge in [0.25, 0.3) is 0 Å². The third-order valence-electron chi connectivity index (χ3n) is 5.62. The normalized spacial score (nSPS) is 10.7. The Morgan fingerprint density at radius 1 is 0.514 bits per heavy atom. The summed E-state index contributed by atoms with van der Waals surface area (Å²) in [6.45, 7) is 0. The highest BCUT2D eigenvalue weighted by molar-refractivity contribution is 7.80. The largest absolute Gasteiger partial charge is 0.455 e. The van der Waals surface area contributed by atoms with Crippen molar-refractivity contribution in [1.82, 2.24) is 0 Å². The van der Waals surface area contributed by atoms with Gasteiger partial charge in [0, 0.05) is 10.5 Å². The first-order valence-electron chi connectivity index (χ1n) is 11.2. The Hall–Kier alpha value is -4.35. The van der Waals surface area contributed by atoms with Crippen LogP contribution in [-0.2, 0) is 0 Å². The molecule has 0 spiro atoms. The van der Waals surface area contributed by atoms with Crippen molar-refractivity contribution < 1.29 is 9.47 Å². The number of rotatable bonds is 6. The van der Waals surface area contributed by atoms with Crippen LogP contribution in [0.1, 0.15) is 0 Å². The van der Waals surface area contributed by atoms with Crippen molar-refractivity contribution in [2.75, 3.05) is 11.5 Å². The summed E-state index contributed by atoms with van der Waals surface area (Å²) in [6, 6.07) is 36.9. The highest BCUT2D eigenvalue weighted by Gasteiger charge is 2.13. The van der Waals surface area contributed by atoms with Crippen LogP contribution in [0.15, 0.2) is 120 Å². The standard InChI is InChI=1S/C30H24N2O2S/c31-25-10-1-3-12-27(25)33-22-17-15-20(16-18-22)30-24(9-6-14-29(30)35)21-7-5-8-23(19-21)34-28-13-4-2-11-26(28)32/h1-19,35H,31-32H2. The highest BCUT2D eigenvalue weighted by atomic mass is 32.1. The minimum atomic E-state index is 0.593. The second-order valence-corrected chi connectivity index (χ2v) is 8.51. The molecule has 0 fully saturated rings. The lowest BCUT2D eigenvalue weighted by molar-refractivity contribution is 0.485. The Bertz CT molecular complexity index is 1480. The van der Waals surface area contributed by atoms with Crippen LogP contribution in [0.5, 0.6) is 23.0 Å². The van der Waals surface area contributed by atoms with Gasteiger partial charge in [-0.1, -0.05) is 60.7 Å². The molecule has 0 amide bonds. The van der Waals surface area contributed by atoms with Gasteiger partial charge >= 0.3 is 0 Å². The molecule has 0 saturated carbocycles. The van der Waals surface area contributed by atoms with Crippen LogP contribution in [0.4, 0.5) is 11.4 Å². The van der Waals surface area contributed by atoms with Crippen molar-refractivity contribution in [3.05, 3.63) is 115 Å². The Morgan fingerprint density at radius 3 is 1.77 bits per heavy atom. The van der Waals surface area contributed by atoms with E-state index in [0.717, 1.165) is 27.1 Å². The zero-order chi connectivity index (χ0) is 24.2. The highest BCUT2D eigenvalue weighted by Crippen LogP contribution is 2.39. The average molecular weight is 477 g/mol. The predicted molar refractivity (Wildman–Crippen MR) is 146 cm³/mol. The van der Waals surface area contributed by atoms with Crippen molar-refractivity contribution in [2.24, 2.45) is 0 Å². The fraction of sp³-hybridized carbons (Fsp3) is 0. The van der Waals surface area contributed by atoms with Crippen LogP contribution in [0, 0.1) is 0 Å². The number of nitrogen functional groups attached to an aromatic ring is 2. The van der Waals surface area contributed by atoms with E-state index in [1.165, 1.54) is 0 Å². The molecule has 35 heavy (non-hydrogen) atoms. The Labute approximate surface area is 210 Å². The van der Waals surface area contributed by atoms with Gasteiger partial charge in [-0.25, -0.2) is 0 Å². The zero-order valence-corrected chi connectivity index (χ0v) is 19.8. The number of anilines is 2. The molecule has 5 aromatic rings. The second kappa shape index (κ2) is 9.87. The molecule has 0 atom stereocenters. The minimum absolute atomic E-state index is 0.593. The van der Waals surface area contributed by atoms with Crippen LogP contribution in [0.25, 0.3) is 22.3 Å². The van der Waals surface area contributed by atoms with E-state index in [1.54, 1.807) is 0 Å². The molecular formula is C30H24N2O2S. The molecule has 0 unspecified atom stereocenters. The smallest absolute Gasteiger partial charge is 0.150 e. The van der Waals surface area contributed by atoms with Gasteiger partial charge < -0.3 is 20.9 Å². The summed E-state index contributed by atoms with van der Waals surface area (Å²) in [5.74, 6) is 2.68. The van der Waals surface area contributed by atoms with E-state index in [4.69, 9.17) is 33.6 Å². The molecule has 5 aromatic carbocycles. The van der Waals surface area contributed by atoms with Crippen LogP contribution in [0.3, 0.4) is 0 Å². The number of nitrogens with two attached hydrogens (primary N) is 2. The van der Waals surface area contributed by atoms with Gasteiger partial charge in [0.1, 0.15) is 23.0 Å². The molecule has 5 heteroatoms. The third kappa shape index (κ3) is 4.95. The number of para-hydroxylation sites is 4. The van der Waals surface area contributed by atoms with E-state index in [0.29, 0.717) is 34.4 Å². The van der Waals surface area contributed by atoms with Crippen LogP contribution in [-0.4, -0.2) is 0 Å². The van der Waals surface area contributed by atoms with Gasteiger partial charge in [-0.3, -0.25) is 0 Å². The number of benzene rings is 5. The summed E-state index contributed by atoms with van der Waals surface area (Å²) in [4.78, 5) is 0.877. The second-order valence-electron chi connectivity index (χ2n) is 8.03. The number of hydrogen-bond donors (Lipinski definition) is 3. The van der Waals surface area contributed by atoms with Crippen molar-refractivity contribution >= 4 is 24.0 Å². The molecule has 0 radical (unpaired) electrons. The topological polar surface area (TPSA) is 70.5 Å². The first-order valence-corrected chi connectivity index (χ1v) is 11.6. The lowest BCUT2D eigenvalue weighted by Gasteiger charge is -2.15. The van der Waals surface area contributed by atoms with E-state index in [1.807, 2.05) is 103 Å². The number of thiol groups is 1. The predicted octanol–water partition coefficient (Wildman–Crippen LogP) is 8.06. The van der Waals surface area contributed by atoms with E-state index in [9.17, 15) is 0 Å². The van der Waals surface area contributed by atoms with E-state index >= 15 is 0 Å². The zero-order valence-electron chi connectivity index (χ0n) is 18.9. The summed E-state index contributed by atoms with van der Waals surface area (Å²) in [6.07, 6.45) is 0. The maximum atomic E-state index is 6.06. The molecule has 0 aromatic heterocycles. The maximum Gasteiger partial charge on any atom is 0.150 e. The van der Waals surface area contributed by atoms with E-state index < -0.39 is 0 Å². The van der Waals surface area contributed by atoms with Crippen LogP contribution >= 0.6 is 12.6 Å². The SMILES string of the molecule is Nc1ccccc1Oc1ccc(-c2c(S)cccc2-c2cccc(Oc3ccccc3N)c2)cc1. The molecule has 0 bridgehead atoms. The van der Waals surface area contributed by atoms with Crippen molar-refractivity contribution in [1.29, 1.82) is 0 Å². The van der Waals surface area contributed by atoms with Crippen molar-refractivity contribution in [3.8, 4) is 45.3 Å². The Balaban J connectivity index is 1.47. The molecule has 4 N–H and O–H groups in total. The summed E-state index contributed by atoms with van der Waals surface area (Å²) in [7, 11) is 0. The fourth-order valence-corrected chi connectivity index (χ4v) is 4.24. The number of hydrogen-bond acceptors (Lipinski definition) is 5. The first-order chi connectivity index (χ1) is 17.1. The molecule has 0 saturated heterocycles. The third-order valence-corrected chi connectivity index (χ3v) is 6.00. The van der Waals surface area contributed by atoms with Crippen LogP contribution in [0.2, 0.25) is 0 Å². The van der Waals surface area contributed by atoms with Gasteiger partial charge in [0.2, 0.25) is 0 Å². The quantitative estimate of drug-likeness (QED) is 0.171. The summed E-state index contributed by atoms with van der Waals surface area (Å²) in [5.41, 5.74) is 17.4. The Kier molecular flexibility index (Phi) is 6.33. The van der Waals surface area contributed by atoms with E-state index in [2.05, 4.69) is 12.1 Å². The van der Waals surface area contributed by atoms with Gasteiger partial charge in [0.15, 0.2) is 0 Å². The summed E-state index contributed by atoms with van der Waals surface area (Å²) < 4.78 is 12.0. The lowest BCUT2D eigenvalue weighted by atomic mass is 9.94.